The van der Waals surface area contributed by atoms with Crippen LogP contribution in [0.5, 0.6) is 0 Å². The van der Waals surface area contributed by atoms with Crippen molar-refractivity contribution in [3.8, 4) is 0 Å². The van der Waals surface area contributed by atoms with E-state index in [9.17, 15) is 0 Å². The molecule has 0 aromatic carbocycles. The Bertz CT molecular complexity index is 149. The largest absolute Gasteiger partial charge is 0.314 e. The summed E-state index contributed by atoms with van der Waals surface area (Å²) in [5.41, 5.74) is 0. The first kappa shape index (κ1) is 13.4. The zero-order valence-electron chi connectivity index (χ0n) is 10.6. The van der Waals surface area contributed by atoms with Crippen molar-refractivity contribution in [1.29, 1.82) is 0 Å². The first-order chi connectivity index (χ1) is 7.20. The van der Waals surface area contributed by atoms with Gasteiger partial charge in [0.25, 0.3) is 0 Å². The Labute approximate surface area is 99.8 Å². The van der Waals surface area contributed by atoms with Crippen LogP contribution in [-0.2, 0) is 0 Å². The first-order valence-corrected chi connectivity index (χ1v) is 7.60. The smallest absolute Gasteiger partial charge is 0.00670 e. The Balaban J connectivity index is 1.88. The summed E-state index contributed by atoms with van der Waals surface area (Å²) in [6, 6.07) is 0.845. The van der Waals surface area contributed by atoms with E-state index in [1.807, 2.05) is 0 Å². The van der Waals surface area contributed by atoms with Crippen molar-refractivity contribution >= 4 is 11.8 Å². The Kier molecular flexibility index (Phi) is 6.74. The van der Waals surface area contributed by atoms with Crippen molar-refractivity contribution in [2.24, 2.45) is 5.92 Å². The molecule has 0 spiro atoms. The summed E-state index contributed by atoms with van der Waals surface area (Å²) in [6.07, 6.45) is 7.04. The normalized spacial score (nSPS) is 20.0. The first-order valence-electron chi connectivity index (χ1n) is 6.55. The van der Waals surface area contributed by atoms with Gasteiger partial charge in [-0.05, 0) is 37.5 Å². The minimum Gasteiger partial charge on any atom is -0.314 e. The van der Waals surface area contributed by atoms with E-state index < -0.39 is 0 Å². The lowest BCUT2D eigenvalue weighted by Crippen LogP contribution is -2.27. The molecule has 1 aliphatic rings. The second kappa shape index (κ2) is 7.56. The Morgan fingerprint density at radius 1 is 1.20 bits per heavy atom. The second-order valence-corrected chi connectivity index (χ2v) is 6.59. The van der Waals surface area contributed by atoms with E-state index in [1.165, 1.54) is 44.4 Å². The molecule has 90 valence electrons. The van der Waals surface area contributed by atoms with E-state index in [4.69, 9.17) is 0 Å². The van der Waals surface area contributed by atoms with E-state index in [-0.39, 0.29) is 0 Å². The fourth-order valence-corrected chi connectivity index (χ4v) is 3.04. The predicted octanol–water partition coefficient (Wildman–Crippen LogP) is 3.69. The van der Waals surface area contributed by atoms with Gasteiger partial charge in [-0.15, -0.1) is 0 Å². The highest BCUT2D eigenvalue weighted by Crippen LogP contribution is 2.20. The molecule has 1 unspecified atom stereocenters. The van der Waals surface area contributed by atoms with Crippen molar-refractivity contribution in [3.05, 3.63) is 0 Å². The lowest BCUT2D eigenvalue weighted by molar-refractivity contribution is 0.524. The predicted molar refractivity (Wildman–Crippen MR) is 71.6 cm³/mol. The molecule has 0 amide bonds. The third-order valence-corrected chi connectivity index (χ3v) is 5.02. The third kappa shape index (κ3) is 5.82. The van der Waals surface area contributed by atoms with Crippen LogP contribution in [0.4, 0.5) is 0 Å². The molecule has 0 aliphatic heterocycles. The quantitative estimate of drug-likeness (QED) is 0.668. The summed E-state index contributed by atoms with van der Waals surface area (Å²) in [5.74, 6) is 2.14. The van der Waals surface area contributed by atoms with Crippen LogP contribution in [0.15, 0.2) is 0 Å². The van der Waals surface area contributed by atoms with Gasteiger partial charge in [-0.2, -0.15) is 11.8 Å². The lowest BCUT2D eigenvalue weighted by atomic mass is 10.2. The lowest BCUT2D eigenvalue weighted by Gasteiger charge is -2.15. The van der Waals surface area contributed by atoms with Crippen molar-refractivity contribution in [2.75, 3.05) is 12.3 Å². The van der Waals surface area contributed by atoms with E-state index in [0.29, 0.717) is 0 Å². The summed E-state index contributed by atoms with van der Waals surface area (Å²) in [6.45, 7) is 8.20. The van der Waals surface area contributed by atoms with Crippen molar-refractivity contribution in [2.45, 2.75) is 64.2 Å². The van der Waals surface area contributed by atoms with Gasteiger partial charge in [0, 0.05) is 11.3 Å². The molecule has 0 bridgehead atoms. The maximum Gasteiger partial charge on any atom is 0.00670 e. The minimum absolute atomic E-state index is 0.816. The van der Waals surface area contributed by atoms with Crippen molar-refractivity contribution < 1.29 is 0 Å². The molecular weight excluding hydrogens is 202 g/mol. The summed E-state index contributed by atoms with van der Waals surface area (Å²) in [7, 11) is 0. The molecule has 1 aliphatic carbocycles. The van der Waals surface area contributed by atoms with Gasteiger partial charge in [-0.3, -0.25) is 0 Å². The number of rotatable bonds is 7. The van der Waals surface area contributed by atoms with E-state index in [1.54, 1.807) is 0 Å². The number of thioether (sulfide) groups is 1. The molecule has 1 nitrogen and oxygen atoms in total. The van der Waals surface area contributed by atoms with E-state index >= 15 is 0 Å². The minimum atomic E-state index is 0.816. The molecule has 0 aromatic rings. The molecule has 1 atom stereocenters. The summed E-state index contributed by atoms with van der Waals surface area (Å²) in [4.78, 5) is 0. The van der Waals surface area contributed by atoms with Crippen LogP contribution in [0, 0.1) is 5.92 Å². The third-order valence-electron chi connectivity index (χ3n) is 3.43. The number of nitrogens with one attached hydrogen (secondary N) is 1. The fourth-order valence-electron chi connectivity index (χ4n) is 1.97. The molecular formula is C13H27NS. The van der Waals surface area contributed by atoms with Gasteiger partial charge in [0.2, 0.25) is 0 Å². The maximum absolute atomic E-state index is 3.67. The molecule has 15 heavy (non-hydrogen) atoms. The van der Waals surface area contributed by atoms with Gasteiger partial charge in [0.1, 0.15) is 0 Å². The molecule has 0 aromatic heterocycles. The standard InChI is InChI=1S/C13H27NS/c1-11(2)12(3)15-10-6-9-14-13-7-4-5-8-13/h11-14H,4-10H2,1-3H3. The topological polar surface area (TPSA) is 12.0 Å². The highest BCUT2D eigenvalue weighted by atomic mass is 32.2. The van der Waals surface area contributed by atoms with Crippen LogP contribution in [0.3, 0.4) is 0 Å². The molecule has 0 saturated heterocycles. The summed E-state index contributed by atoms with van der Waals surface area (Å²) in [5, 5.41) is 4.49. The van der Waals surface area contributed by atoms with Crippen molar-refractivity contribution in [1.82, 2.24) is 5.32 Å². The number of hydrogen-bond donors (Lipinski definition) is 1. The fraction of sp³-hybridized carbons (Fsp3) is 1.00. The van der Waals surface area contributed by atoms with E-state index in [2.05, 4.69) is 37.8 Å². The van der Waals surface area contributed by atoms with Gasteiger partial charge in [0.05, 0.1) is 0 Å². The second-order valence-electron chi connectivity index (χ2n) is 5.11. The highest BCUT2D eigenvalue weighted by molar-refractivity contribution is 7.99. The van der Waals surface area contributed by atoms with Crippen LogP contribution in [0.2, 0.25) is 0 Å². The zero-order valence-corrected chi connectivity index (χ0v) is 11.4. The van der Waals surface area contributed by atoms with Gasteiger partial charge in [-0.25, -0.2) is 0 Å². The number of hydrogen-bond acceptors (Lipinski definition) is 2. The van der Waals surface area contributed by atoms with Gasteiger partial charge >= 0.3 is 0 Å². The van der Waals surface area contributed by atoms with Gasteiger partial charge in [0.15, 0.2) is 0 Å². The molecule has 1 N–H and O–H groups in total. The zero-order chi connectivity index (χ0) is 11.1. The van der Waals surface area contributed by atoms with Crippen LogP contribution < -0.4 is 5.32 Å². The average molecular weight is 229 g/mol. The van der Waals surface area contributed by atoms with Gasteiger partial charge in [-0.1, -0.05) is 33.6 Å². The summed E-state index contributed by atoms with van der Waals surface area (Å²) < 4.78 is 0. The molecule has 1 rings (SSSR count). The molecule has 1 fully saturated rings. The Hall–Kier alpha value is 0.310. The van der Waals surface area contributed by atoms with Crippen LogP contribution in [0.1, 0.15) is 52.9 Å². The van der Waals surface area contributed by atoms with Crippen LogP contribution >= 0.6 is 11.8 Å². The van der Waals surface area contributed by atoms with Gasteiger partial charge < -0.3 is 5.32 Å². The molecule has 0 heterocycles. The maximum atomic E-state index is 3.67. The van der Waals surface area contributed by atoms with Crippen LogP contribution in [-0.4, -0.2) is 23.6 Å². The SMILES string of the molecule is CC(C)C(C)SCCCNC1CCCC1. The molecule has 2 heteroatoms. The summed E-state index contributed by atoms with van der Waals surface area (Å²) >= 11 is 2.13. The van der Waals surface area contributed by atoms with E-state index in [0.717, 1.165) is 17.2 Å². The monoisotopic (exact) mass is 229 g/mol. The Morgan fingerprint density at radius 2 is 1.87 bits per heavy atom. The Morgan fingerprint density at radius 3 is 2.47 bits per heavy atom. The van der Waals surface area contributed by atoms with Crippen LogP contribution in [0.25, 0.3) is 0 Å². The van der Waals surface area contributed by atoms with Crippen molar-refractivity contribution in [3.63, 3.8) is 0 Å². The molecule has 1 saturated carbocycles. The molecule has 0 radical (unpaired) electrons. The average Bonchev–Trinajstić information content (AvgIpc) is 2.69. The highest BCUT2D eigenvalue weighted by Gasteiger charge is 2.13.